The average Bonchev–Trinajstić information content (AvgIpc) is 2.76. The Morgan fingerprint density at radius 3 is 2.62 bits per heavy atom. The van der Waals surface area contributed by atoms with Crippen LogP contribution in [0, 0.1) is 13.8 Å². The SMILES string of the molecule is CCCn1cc(S(=O)(=O)Nc2nnc(C)c(C)n2)c(N)n1. The molecule has 0 aliphatic heterocycles. The summed E-state index contributed by atoms with van der Waals surface area (Å²) in [7, 11) is -3.89. The molecule has 2 rings (SSSR count). The van der Waals surface area contributed by atoms with E-state index in [-0.39, 0.29) is 16.7 Å². The summed E-state index contributed by atoms with van der Waals surface area (Å²) in [5.74, 6) is -0.159. The van der Waals surface area contributed by atoms with Gasteiger partial charge in [0.2, 0.25) is 0 Å². The first-order chi connectivity index (χ1) is 9.83. The predicted octanol–water partition coefficient (Wildman–Crippen LogP) is 0.478. The van der Waals surface area contributed by atoms with E-state index in [9.17, 15) is 8.42 Å². The highest BCUT2D eigenvalue weighted by atomic mass is 32.2. The minimum atomic E-state index is -3.89. The van der Waals surface area contributed by atoms with Crippen LogP contribution < -0.4 is 10.5 Å². The number of nitrogens with zero attached hydrogens (tertiary/aromatic N) is 5. The second-order valence-electron chi connectivity index (χ2n) is 4.55. The number of aryl methyl sites for hydroxylation is 3. The molecule has 0 amide bonds. The molecule has 0 atom stereocenters. The second kappa shape index (κ2) is 5.64. The van der Waals surface area contributed by atoms with Crippen molar-refractivity contribution in [2.24, 2.45) is 0 Å². The fraction of sp³-hybridized carbons (Fsp3) is 0.455. The molecule has 0 spiro atoms. The molecule has 2 aromatic heterocycles. The molecule has 0 aliphatic carbocycles. The summed E-state index contributed by atoms with van der Waals surface area (Å²) in [6, 6.07) is 0. The van der Waals surface area contributed by atoms with E-state index in [1.807, 2.05) is 6.92 Å². The Kier molecular flexibility index (Phi) is 4.07. The molecule has 9 nitrogen and oxygen atoms in total. The first kappa shape index (κ1) is 15.2. The highest BCUT2D eigenvalue weighted by Crippen LogP contribution is 2.19. The van der Waals surface area contributed by atoms with Gasteiger partial charge in [-0.25, -0.2) is 18.1 Å². The van der Waals surface area contributed by atoms with E-state index in [1.54, 1.807) is 13.8 Å². The van der Waals surface area contributed by atoms with Crippen LogP contribution in [-0.2, 0) is 16.6 Å². The molecule has 2 heterocycles. The van der Waals surface area contributed by atoms with Crippen molar-refractivity contribution in [2.45, 2.75) is 38.6 Å². The number of hydrogen-bond acceptors (Lipinski definition) is 7. The number of nitrogens with one attached hydrogen (secondary N) is 1. The van der Waals surface area contributed by atoms with Gasteiger partial charge in [0.1, 0.15) is 4.90 Å². The van der Waals surface area contributed by atoms with Crippen LogP contribution in [0.5, 0.6) is 0 Å². The van der Waals surface area contributed by atoms with Gasteiger partial charge in [-0.1, -0.05) is 6.92 Å². The van der Waals surface area contributed by atoms with Gasteiger partial charge in [-0.15, -0.1) is 5.10 Å². The first-order valence-corrected chi connectivity index (χ1v) is 7.85. The minimum Gasteiger partial charge on any atom is -0.381 e. The van der Waals surface area contributed by atoms with Gasteiger partial charge in [-0.05, 0) is 20.3 Å². The quantitative estimate of drug-likeness (QED) is 0.821. The van der Waals surface area contributed by atoms with Crippen molar-refractivity contribution in [3.05, 3.63) is 17.6 Å². The van der Waals surface area contributed by atoms with Gasteiger partial charge in [0.05, 0.1) is 11.4 Å². The Hall–Kier alpha value is -2.23. The fourth-order valence-electron chi connectivity index (χ4n) is 1.64. The molecule has 10 heteroatoms. The first-order valence-electron chi connectivity index (χ1n) is 6.37. The minimum absolute atomic E-state index is 0.0623. The van der Waals surface area contributed by atoms with E-state index < -0.39 is 10.0 Å². The molecule has 0 unspecified atom stereocenters. The molecule has 0 bridgehead atoms. The van der Waals surface area contributed by atoms with Crippen LogP contribution >= 0.6 is 0 Å². The molecule has 3 N–H and O–H groups in total. The molecule has 0 aromatic carbocycles. The number of rotatable bonds is 5. The third-order valence-corrected chi connectivity index (χ3v) is 4.16. The standard InChI is InChI=1S/C11H17N7O2S/c1-4-5-18-6-9(10(12)16-18)21(19,20)17-11-13-7(2)8(3)14-15-11/h6H,4-5H2,1-3H3,(H2,12,16)(H,13,15,17). The molecular formula is C11H17N7O2S. The molecule has 0 saturated carbocycles. The zero-order valence-corrected chi connectivity index (χ0v) is 12.8. The van der Waals surface area contributed by atoms with Crippen LogP contribution in [0.15, 0.2) is 11.1 Å². The normalized spacial score (nSPS) is 11.6. The van der Waals surface area contributed by atoms with Crippen molar-refractivity contribution < 1.29 is 8.42 Å². The van der Waals surface area contributed by atoms with E-state index in [0.29, 0.717) is 17.9 Å². The smallest absolute Gasteiger partial charge is 0.269 e. The summed E-state index contributed by atoms with van der Waals surface area (Å²) < 4.78 is 28.3. The highest BCUT2D eigenvalue weighted by molar-refractivity contribution is 7.92. The molecule has 0 radical (unpaired) electrons. The van der Waals surface area contributed by atoms with Gasteiger partial charge in [0.15, 0.2) is 5.82 Å². The van der Waals surface area contributed by atoms with E-state index in [2.05, 4.69) is 25.0 Å². The van der Waals surface area contributed by atoms with Crippen molar-refractivity contribution in [3.8, 4) is 0 Å². The lowest BCUT2D eigenvalue weighted by Gasteiger charge is -2.05. The third-order valence-electron chi connectivity index (χ3n) is 2.81. The number of hydrogen-bond donors (Lipinski definition) is 2. The summed E-state index contributed by atoms with van der Waals surface area (Å²) in [4.78, 5) is 3.93. The Bertz CT molecular complexity index is 754. The highest BCUT2D eigenvalue weighted by Gasteiger charge is 2.22. The van der Waals surface area contributed by atoms with Crippen LogP contribution in [0.25, 0.3) is 0 Å². The largest absolute Gasteiger partial charge is 0.381 e. The molecule has 114 valence electrons. The molecular weight excluding hydrogens is 294 g/mol. The lowest BCUT2D eigenvalue weighted by molar-refractivity contribution is 0.594. The predicted molar refractivity (Wildman–Crippen MR) is 77.0 cm³/mol. The molecule has 0 saturated heterocycles. The van der Waals surface area contributed by atoms with Gasteiger partial charge >= 0.3 is 0 Å². The van der Waals surface area contributed by atoms with Crippen LogP contribution in [0.1, 0.15) is 24.7 Å². The summed E-state index contributed by atoms with van der Waals surface area (Å²) >= 11 is 0. The van der Waals surface area contributed by atoms with Gasteiger partial charge in [-0.3, -0.25) is 4.68 Å². The zero-order valence-electron chi connectivity index (χ0n) is 12.0. The van der Waals surface area contributed by atoms with E-state index in [4.69, 9.17) is 5.73 Å². The van der Waals surface area contributed by atoms with Crippen LogP contribution in [0.4, 0.5) is 11.8 Å². The van der Waals surface area contributed by atoms with Crippen LogP contribution in [0.3, 0.4) is 0 Å². The average molecular weight is 311 g/mol. The molecule has 0 aliphatic rings. The third kappa shape index (κ3) is 3.27. The number of anilines is 2. The molecule has 0 fully saturated rings. The maximum atomic E-state index is 12.3. The van der Waals surface area contributed by atoms with Crippen LogP contribution in [0.2, 0.25) is 0 Å². The van der Waals surface area contributed by atoms with E-state index in [1.165, 1.54) is 10.9 Å². The maximum Gasteiger partial charge on any atom is 0.269 e. The van der Waals surface area contributed by atoms with Crippen molar-refractivity contribution in [2.75, 3.05) is 10.5 Å². The second-order valence-corrected chi connectivity index (χ2v) is 6.20. The summed E-state index contributed by atoms with van der Waals surface area (Å²) in [6.45, 7) is 6.00. The summed E-state index contributed by atoms with van der Waals surface area (Å²) in [5.41, 5.74) is 6.89. The van der Waals surface area contributed by atoms with Gasteiger partial charge in [0.25, 0.3) is 16.0 Å². The lowest BCUT2D eigenvalue weighted by Crippen LogP contribution is -2.17. The van der Waals surface area contributed by atoms with Crippen molar-refractivity contribution >= 4 is 21.8 Å². The number of aromatic nitrogens is 5. The monoisotopic (exact) mass is 311 g/mol. The maximum absolute atomic E-state index is 12.3. The molecule has 21 heavy (non-hydrogen) atoms. The summed E-state index contributed by atoms with van der Waals surface area (Å²) in [5, 5.41) is 11.5. The van der Waals surface area contributed by atoms with Crippen molar-refractivity contribution in [3.63, 3.8) is 0 Å². The Morgan fingerprint density at radius 2 is 2.00 bits per heavy atom. The molecule has 2 aromatic rings. The summed E-state index contributed by atoms with van der Waals surface area (Å²) in [6.07, 6.45) is 2.20. The Labute approximate surface area is 122 Å². The van der Waals surface area contributed by atoms with Gasteiger partial charge in [0, 0.05) is 12.7 Å². The van der Waals surface area contributed by atoms with Crippen LogP contribution in [-0.4, -0.2) is 33.4 Å². The van der Waals surface area contributed by atoms with Crippen molar-refractivity contribution in [1.82, 2.24) is 25.0 Å². The Morgan fingerprint density at radius 1 is 1.29 bits per heavy atom. The van der Waals surface area contributed by atoms with E-state index >= 15 is 0 Å². The van der Waals surface area contributed by atoms with Crippen molar-refractivity contribution in [1.29, 1.82) is 0 Å². The van der Waals surface area contributed by atoms with E-state index in [0.717, 1.165) is 6.42 Å². The number of nitrogens with two attached hydrogens (primary N) is 1. The Balaban J connectivity index is 2.31. The number of nitrogen functional groups attached to an aromatic ring is 1. The number of sulfonamides is 1. The fourth-order valence-corrected chi connectivity index (χ4v) is 2.66. The lowest BCUT2D eigenvalue weighted by atomic mass is 10.4. The topological polar surface area (TPSA) is 129 Å². The van der Waals surface area contributed by atoms with Gasteiger partial charge < -0.3 is 5.73 Å². The van der Waals surface area contributed by atoms with Gasteiger partial charge in [-0.2, -0.15) is 10.2 Å². The zero-order chi connectivity index (χ0) is 15.6.